The summed E-state index contributed by atoms with van der Waals surface area (Å²) in [5, 5.41) is 14.5. The number of phenols is 1. The highest BCUT2D eigenvalue weighted by atomic mass is 16.5. The molecule has 0 atom stereocenters. The Labute approximate surface area is 165 Å². The van der Waals surface area contributed by atoms with Gasteiger partial charge in [0.15, 0.2) is 5.82 Å². The van der Waals surface area contributed by atoms with Crippen LogP contribution in [0.4, 0.5) is 0 Å². The lowest BCUT2D eigenvalue weighted by Crippen LogP contribution is -2.35. The van der Waals surface area contributed by atoms with Crippen LogP contribution >= 0.6 is 0 Å². The number of benzene rings is 2. The van der Waals surface area contributed by atoms with Crippen molar-refractivity contribution in [2.24, 2.45) is 5.92 Å². The van der Waals surface area contributed by atoms with Gasteiger partial charge in [0.25, 0.3) is 0 Å². The first kappa shape index (κ1) is 18.5. The van der Waals surface area contributed by atoms with E-state index in [2.05, 4.69) is 45.3 Å². The van der Waals surface area contributed by atoms with Crippen LogP contribution < -0.4 is 4.74 Å². The minimum Gasteiger partial charge on any atom is -0.506 e. The molecule has 6 nitrogen and oxygen atoms in total. The largest absolute Gasteiger partial charge is 0.506 e. The van der Waals surface area contributed by atoms with Crippen molar-refractivity contribution < 1.29 is 9.84 Å². The molecule has 4 rings (SSSR count). The predicted molar refractivity (Wildman–Crippen MR) is 108 cm³/mol. The van der Waals surface area contributed by atoms with Crippen LogP contribution in [0.15, 0.2) is 54.6 Å². The molecule has 0 bridgehead atoms. The highest BCUT2D eigenvalue weighted by molar-refractivity contribution is 5.45. The van der Waals surface area contributed by atoms with Gasteiger partial charge in [-0.2, -0.15) is 9.67 Å². The summed E-state index contributed by atoms with van der Waals surface area (Å²) in [7, 11) is 0. The second-order valence-corrected chi connectivity index (χ2v) is 7.36. The number of piperidine rings is 1. The molecule has 0 radical (unpaired) electrons. The molecule has 6 heteroatoms. The summed E-state index contributed by atoms with van der Waals surface area (Å²) >= 11 is 0. The van der Waals surface area contributed by atoms with Gasteiger partial charge < -0.3 is 9.84 Å². The van der Waals surface area contributed by atoms with E-state index in [1.54, 1.807) is 22.9 Å². The van der Waals surface area contributed by atoms with Crippen molar-refractivity contribution in [1.82, 2.24) is 19.7 Å². The molecule has 0 spiro atoms. The third kappa shape index (κ3) is 4.34. The lowest BCUT2D eigenvalue weighted by Gasteiger charge is -2.31. The molecule has 146 valence electrons. The number of likely N-dealkylation sites (tertiary alicyclic amines) is 1. The molecule has 2 aromatic carbocycles. The Kier molecular flexibility index (Phi) is 5.58. The summed E-state index contributed by atoms with van der Waals surface area (Å²) in [6.07, 6.45) is 2.22. The first-order chi connectivity index (χ1) is 13.7. The quantitative estimate of drug-likeness (QED) is 0.710. The van der Waals surface area contributed by atoms with Crippen LogP contribution in [0.2, 0.25) is 0 Å². The maximum absolute atomic E-state index is 10.1. The molecule has 1 aromatic heterocycles. The maximum Gasteiger partial charge on any atom is 0.320 e. The van der Waals surface area contributed by atoms with E-state index in [1.807, 2.05) is 13.0 Å². The number of ether oxygens (including phenoxy) is 1. The van der Waals surface area contributed by atoms with Crippen LogP contribution in [-0.2, 0) is 6.54 Å². The van der Waals surface area contributed by atoms with E-state index >= 15 is 0 Å². The van der Waals surface area contributed by atoms with Crippen molar-refractivity contribution in [2.75, 3.05) is 19.7 Å². The Morgan fingerprint density at radius 1 is 1.04 bits per heavy atom. The lowest BCUT2D eigenvalue weighted by atomic mass is 9.97. The monoisotopic (exact) mass is 378 g/mol. The van der Waals surface area contributed by atoms with Crippen LogP contribution in [-0.4, -0.2) is 44.5 Å². The number of aromatic hydroxyl groups is 1. The number of aromatic nitrogens is 3. The zero-order chi connectivity index (χ0) is 19.3. The fourth-order valence-corrected chi connectivity index (χ4v) is 3.63. The van der Waals surface area contributed by atoms with Crippen molar-refractivity contribution >= 4 is 0 Å². The second-order valence-electron chi connectivity index (χ2n) is 7.36. The average Bonchev–Trinajstić information content (AvgIpc) is 3.09. The van der Waals surface area contributed by atoms with E-state index in [4.69, 9.17) is 4.74 Å². The second kappa shape index (κ2) is 8.44. The van der Waals surface area contributed by atoms with Gasteiger partial charge in [0.05, 0.1) is 6.61 Å². The Balaban J connectivity index is 1.33. The van der Waals surface area contributed by atoms with Crippen LogP contribution in [0.1, 0.15) is 24.2 Å². The topological polar surface area (TPSA) is 63.4 Å². The van der Waals surface area contributed by atoms with E-state index in [0.29, 0.717) is 30.0 Å². The van der Waals surface area contributed by atoms with Gasteiger partial charge in [-0.3, -0.25) is 4.90 Å². The van der Waals surface area contributed by atoms with Crippen LogP contribution in [0.3, 0.4) is 0 Å². The van der Waals surface area contributed by atoms with Gasteiger partial charge in [0, 0.05) is 6.54 Å². The number of phenolic OH excluding ortho intramolecular Hbond substituents is 1. The number of aryl methyl sites for hydroxylation is 1. The highest BCUT2D eigenvalue weighted by Gasteiger charge is 2.21. The van der Waals surface area contributed by atoms with E-state index in [0.717, 1.165) is 32.5 Å². The van der Waals surface area contributed by atoms with E-state index in [1.165, 1.54) is 5.56 Å². The van der Waals surface area contributed by atoms with Gasteiger partial charge in [-0.25, -0.2) is 0 Å². The van der Waals surface area contributed by atoms with E-state index in [9.17, 15) is 5.11 Å². The summed E-state index contributed by atoms with van der Waals surface area (Å²) in [6.45, 7) is 5.60. The van der Waals surface area contributed by atoms with Gasteiger partial charge in [0.1, 0.15) is 11.4 Å². The first-order valence-corrected chi connectivity index (χ1v) is 9.80. The number of hydrogen-bond donors (Lipinski definition) is 1. The minimum atomic E-state index is 0.159. The molecule has 1 aliphatic rings. The van der Waals surface area contributed by atoms with Gasteiger partial charge in [-0.05, 0) is 56.5 Å². The normalized spacial score (nSPS) is 15.6. The molecule has 0 unspecified atom stereocenters. The molecule has 28 heavy (non-hydrogen) atoms. The van der Waals surface area contributed by atoms with Gasteiger partial charge in [-0.15, -0.1) is 5.10 Å². The first-order valence-electron chi connectivity index (χ1n) is 9.80. The Morgan fingerprint density at radius 3 is 2.50 bits per heavy atom. The van der Waals surface area contributed by atoms with Crippen LogP contribution in [0, 0.1) is 12.8 Å². The van der Waals surface area contributed by atoms with Crippen molar-refractivity contribution in [2.45, 2.75) is 26.3 Å². The molecule has 1 N–H and O–H groups in total. The standard InChI is InChI=1S/C22H26N4O2/c1-17-23-22(26(24-17)20-9-5-6-10-21(20)27)28-16-19-11-13-25(14-12-19)15-18-7-3-2-4-8-18/h2-10,19,27H,11-16H2,1H3. The van der Waals surface area contributed by atoms with Crippen molar-refractivity contribution in [1.29, 1.82) is 0 Å². The van der Waals surface area contributed by atoms with Gasteiger partial charge in [-0.1, -0.05) is 42.5 Å². The van der Waals surface area contributed by atoms with Crippen molar-refractivity contribution in [3.05, 3.63) is 66.0 Å². The maximum atomic E-state index is 10.1. The molecule has 0 amide bonds. The molecular formula is C22H26N4O2. The summed E-state index contributed by atoms with van der Waals surface area (Å²) in [6, 6.07) is 18.1. The summed E-state index contributed by atoms with van der Waals surface area (Å²) < 4.78 is 7.60. The molecule has 1 saturated heterocycles. The molecular weight excluding hydrogens is 352 g/mol. The van der Waals surface area contributed by atoms with Crippen molar-refractivity contribution in [3.8, 4) is 17.4 Å². The van der Waals surface area contributed by atoms with Crippen LogP contribution in [0.5, 0.6) is 11.8 Å². The number of para-hydroxylation sites is 2. The third-order valence-corrected chi connectivity index (χ3v) is 5.20. The zero-order valence-electron chi connectivity index (χ0n) is 16.2. The Hall–Kier alpha value is -2.86. The number of hydrogen-bond acceptors (Lipinski definition) is 5. The minimum absolute atomic E-state index is 0.159. The lowest BCUT2D eigenvalue weighted by molar-refractivity contribution is 0.131. The van der Waals surface area contributed by atoms with Crippen molar-refractivity contribution in [3.63, 3.8) is 0 Å². The Bertz CT molecular complexity index is 902. The molecule has 1 fully saturated rings. The molecule has 2 heterocycles. The molecule has 3 aromatic rings. The fraction of sp³-hybridized carbons (Fsp3) is 0.364. The number of nitrogens with zero attached hydrogens (tertiary/aromatic N) is 4. The zero-order valence-corrected chi connectivity index (χ0v) is 16.2. The molecule has 0 aliphatic carbocycles. The predicted octanol–water partition coefficient (Wildman–Crippen LogP) is 3.57. The Morgan fingerprint density at radius 2 is 1.75 bits per heavy atom. The summed E-state index contributed by atoms with van der Waals surface area (Å²) in [5.74, 6) is 1.28. The van der Waals surface area contributed by atoms with E-state index < -0.39 is 0 Å². The third-order valence-electron chi connectivity index (χ3n) is 5.20. The van der Waals surface area contributed by atoms with E-state index in [-0.39, 0.29) is 5.75 Å². The van der Waals surface area contributed by atoms with Crippen LogP contribution in [0.25, 0.3) is 5.69 Å². The smallest absolute Gasteiger partial charge is 0.320 e. The highest BCUT2D eigenvalue weighted by Crippen LogP contribution is 2.25. The number of rotatable bonds is 6. The average molecular weight is 378 g/mol. The SMILES string of the molecule is Cc1nc(OCC2CCN(Cc3ccccc3)CC2)n(-c2ccccc2O)n1. The van der Waals surface area contributed by atoms with Gasteiger partial charge in [0.2, 0.25) is 0 Å². The summed E-state index contributed by atoms with van der Waals surface area (Å²) in [4.78, 5) is 6.89. The fourth-order valence-electron chi connectivity index (χ4n) is 3.63. The van der Waals surface area contributed by atoms with Gasteiger partial charge >= 0.3 is 6.01 Å². The molecule has 1 aliphatic heterocycles. The summed E-state index contributed by atoms with van der Waals surface area (Å²) in [5.41, 5.74) is 1.94. The molecule has 0 saturated carbocycles.